The van der Waals surface area contributed by atoms with Crippen LogP contribution in [0.1, 0.15) is 134 Å². The highest BCUT2D eigenvalue weighted by Gasteiger charge is 2.35. The standard InChI is InChI=1S/C32H49O3P/c1-20-15-22(29(3,4)5)17-25(31(9,10)11)27(20)24(19-35-36(33)34)28-21(2)16-23(30(6,7)8)18-26(28)32(12,13)14/h15-18,24H,19H2,1-14H3/p+1. The third-order valence-electron chi connectivity index (χ3n) is 7.17. The van der Waals surface area contributed by atoms with E-state index in [0.717, 1.165) is 0 Å². The lowest BCUT2D eigenvalue weighted by Crippen LogP contribution is -2.26. The van der Waals surface area contributed by atoms with Gasteiger partial charge in [-0.3, -0.25) is 0 Å². The van der Waals surface area contributed by atoms with Crippen LogP contribution < -0.4 is 0 Å². The Labute approximate surface area is 222 Å². The molecule has 0 heterocycles. The summed E-state index contributed by atoms with van der Waals surface area (Å²) in [6.45, 7) is 31.5. The molecule has 0 aliphatic carbocycles. The van der Waals surface area contributed by atoms with Crippen LogP contribution in [-0.2, 0) is 30.7 Å². The molecule has 4 heteroatoms. The molecule has 0 bridgehead atoms. The first-order chi connectivity index (χ1) is 16.0. The summed E-state index contributed by atoms with van der Waals surface area (Å²) in [6.07, 6.45) is 0. The Morgan fingerprint density at radius 3 is 1.25 bits per heavy atom. The Morgan fingerprint density at radius 1 is 0.667 bits per heavy atom. The Hall–Kier alpha value is -1.54. The van der Waals surface area contributed by atoms with Crippen molar-refractivity contribution in [3.05, 3.63) is 68.8 Å². The van der Waals surface area contributed by atoms with Gasteiger partial charge in [-0.25, -0.2) is 0 Å². The van der Waals surface area contributed by atoms with Crippen LogP contribution in [0, 0.1) is 13.8 Å². The number of benzene rings is 2. The highest BCUT2D eigenvalue weighted by atomic mass is 31.1. The van der Waals surface area contributed by atoms with Crippen LogP contribution in [0.2, 0.25) is 0 Å². The maximum absolute atomic E-state index is 11.8. The molecule has 1 atom stereocenters. The Balaban J connectivity index is 3.04. The second-order valence-corrected chi connectivity index (χ2v) is 15.3. The van der Waals surface area contributed by atoms with Gasteiger partial charge in [0.1, 0.15) is 6.61 Å². The fourth-order valence-electron chi connectivity index (χ4n) is 5.08. The van der Waals surface area contributed by atoms with E-state index in [1.807, 2.05) is 0 Å². The van der Waals surface area contributed by atoms with E-state index < -0.39 is 8.25 Å². The van der Waals surface area contributed by atoms with E-state index in [0.29, 0.717) is 0 Å². The normalized spacial score (nSPS) is 13.9. The van der Waals surface area contributed by atoms with Gasteiger partial charge in [-0.05, 0) is 80.0 Å². The van der Waals surface area contributed by atoms with Crippen molar-refractivity contribution >= 4 is 8.25 Å². The summed E-state index contributed by atoms with van der Waals surface area (Å²) in [6, 6.07) is 9.30. The number of hydrogen-bond acceptors (Lipinski definition) is 2. The smallest absolute Gasteiger partial charge is 0.133 e. The average molecular weight is 514 g/mol. The third kappa shape index (κ3) is 7.06. The minimum Gasteiger partial charge on any atom is -0.133 e. The van der Waals surface area contributed by atoms with Gasteiger partial charge in [0.05, 0.1) is 0 Å². The largest absolute Gasteiger partial charge is 0.694 e. The number of aryl methyl sites for hydroxylation is 2. The van der Waals surface area contributed by atoms with Gasteiger partial charge in [0.25, 0.3) is 0 Å². The van der Waals surface area contributed by atoms with Gasteiger partial charge in [-0.15, -0.1) is 9.42 Å². The lowest BCUT2D eigenvalue weighted by Gasteiger charge is -2.35. The maximum Gasteiger partial charge on any atom is 0.694 e. The maximum atomic E-state index is 11.8. The Kier molecular flexibility index (Phi) is 8.79. The van der Waals surface area contributed by atoms with Gasteiger partial charge in [0.2, 0.25) is 0 Å². The molecule has 0 saturated carbocycles. The molecular formula is C32H50O3P+. The molecule has 0 aliphatic heterocycles. The quantitative estimate of drug-likeness (QED) is 0.405. The van der Waals surface area contributed by atoms with Gasteiger partial charge < -0.3 is 0 Å². The summed E-state index contributed by atoms with van der Waals surface area (Å²) in [5, 5.41) is 0. The lowest BCUT2D eigenvalue weighted by atomic mass is 9.69. The Bertz CT molecular complexity index is 1040. The molecular weight excluding hydrogens is 463 g/mol. The molecule has 1 N–H and O–H groups in total. The first-order valence-electron chi connectivity index (χ1n) is 13.1. The van der Waals surface area contributed by atoms with E-state index in [2.05, 4.69) is 121 Å². The molecule has 0 aliphatic rings. The minimum atomic E-state index is -2.71. The molecule has 0 fully saturated rings. The number of hydrogen-bond donors (Lipinski definition) is 1. The van der Waals surface area contributed by atoms with Gasteiger partial charge in [-0.1, -0.05) is 107 Å². The molecule has 200 valence electrons. The van der Waals surface area contributed by atoms with Crippen LogP contribution in [0.4, 0.5) is 0 Å². The highest BCUT2D eigenvalue weighted by Crippen LogP contribution is 2.45. The SMILES string of the molecule is Cc1cc(C(C)(C)C)cc(C(C)(C)C)c1C(CO[P+](=O)O)c1c(C)cc(C(C)(C)C)cc1C(C)(C)C. The topological polar surface area (TPSA) is 46.5 Å². The average Bonchev–Trinajstić information content (AvgIpc) is 2.65. The molecule has 2 rings (SSSR count). The van der Waals surface area contributed by atoms with E-state index in [1.165, 1.54) is 44.5 Å². The summed E-state index contributed by atoms with van der Waals surface area (Å²) in [7, 11) is -2.71. The number of rotatable bonds is 5. The van der Waals surface area contributed by atoms with Crippen molar-refractivity contribution in [1.29, 1.82) is 0 Å². The molecule has 3 nitrogen and oxygen atoms in total. The molecule has 0 aromatic heterocycles. The summed E-state index contributed by atoms with van der Waals surface area (Å²) >= 11 is 0. The minimum absolute atomic E-state index is 0.0184. The highest BCUT2D eigenvalue weighted by molar-refractivity contribution is 7.32. The second kappa shape index (κ2) is 10.3. The molecule has 0 amide bonds. The van der Waals surface area contributed by atoms with E-state index in [4.69, 9.17) is 4.52 Å². The first kappa shape index (κ1) is 30.7. The van der Waals surface area contributed by atoms with E-state index >= 15 is 0 Å². The van der Waals surface area contributed by atoms with Crippen molar-refractivity contribution in [3.8, 4) is 0 Å². The monoisotopic (exact) mass is 513 g/mol. The van der Waals surface area contributed by atoms with E-state index in [1.54, 1.807) is 0 Å². The first-order valence-corrected chi connectivity index (χ1v) is 14.3. The van der Waals surface area contributed by atoms with E-state index in [9.17, 15) is 9.46 Å². The van der Waals surface area contributed by atoms with Crippen LogP contribution in [-0.4, -0.2) is 11.5 Å². The van der Waals surface area contributed by atoms with Crippen LogP contribution in [0.25, 0.3) is 0 Å². The van der Waals surface area contributed by atoms with E-state index in [-0.39, 0.29) is 34.2 Å². The van der Waals surface area contributed by atoms with Gasteiger partial charge in [0, 0.05) is 10.5 Å². The zero-order chi connectivity index (χ0) is 28.0. The van der Waals surface area contributed by atoms with Gasteiger partial charge in [0.15, 0.2) is 0 Å². The van der Waals surface area contributed by atoms with Crippen molar-refractivity contribution in [3.63, 3.8) is 0 Å². The Morgan fingerprint density at radius 2 is 1.00 bits per heavy atom. The second-order valence-electron chi connectivity index (χ2n) is 14.6. The van der Waals surface area contributed by atoms with Crippen molar-refractivity contribution in [2.24, 2.45) is 0 Å². The zero-order valence-electron chi connectivity index (χ0n) is 25.3. The van der Waals surface area contributed by atoms with Crippen LogP contribution >= 0.6 is 8.25 Å². The third-order valence-corrected chi connectivity index (χ3v) is 7.54. The summed E-state index contributed by atoms with van der Waals surface area (Å²) < 4.78 is 17.3. The molecule has 2 aromatic rings. The van der Waals surface area contributed by atoms with Crippen LogP contribution in [0.15, 0.2) is 24.3 Å². The molecule has 0 saturated heterocycles. The molecule has 0 spiro atoms. The van der Waals surface area contributed by atoms with Gasteiger partial charge in [-0.2, -0.15) is 0 Å². The summed E-state index contributed by atoms with van der Waals surface area (Å²) in [4.78, 5) is 9.68. The predicted octanol–water partition coefficient (Wildman–Crippen LogP) is 9.29. The molecule has 2 aromatic carbocycles. The fraction of sp³-hybridized carbons (Fsp3) is 0.625. The fourth-order valence-corrected chi connectivity index (χ4v) is 5.35. The molecule has 1 unspecified atom stereocenters. The van der Waals surface area contributed by atoms with Crippen molar-refractivity contribution in [1.82, 2.24) is 0 Å². The molecule has 0 radical (unpaired) electrons. The van der Waals surface area contributed by atoms with Crippen LogP contribution in [0.3, 0.4) is 0 Å². The van der Waals surface area contributed by atoms with Crippen LogP contribution in [0.5, 0.6) is 0 Å². The van der Waals surface area contributed by atoms with Crippen molar-refractivity contribution in [2.75, 3.05) is 6.61 Å². The lowest BCUT2D eigenvalue weighted by molar-refractivity contribution is 0.270. The van der Waals surface area contributed by atoms with Crippen molar-refractivity contribution in [2.45, 2.75) is 125 Å². The summed E-state index contributed by atoms with van der Waals surface area (Å²) in [5.74, 6) is -0.164. The predicted molar refractivity (Wildman–Crippen MR) is 155 cm³/mol. The van der Waals surface area contributed by atoms with Gasteiger partial charge >= 0.3 is 8.25 Å². The summed E-state index contributed by atoms with van der Waals surface area (Å²) in [5.41, 5.74) is 9.80. The van der Waals surface area contributed by atoms with Crippen molar-refractivity contribution < 1.29 is 14.0 Å². The molecule has 36 heavy (non-hydrogen) atoms. The zero-order valence-corrected chi connectivity index (χ0v) is 26.2.